The Hall–Kier alpha value is -5.19. The van der Waals surface area contributed by atoms with Gasteiger partial charge in [-0.05, 0) is 103 Å². The van der Waals surface area contributed by atoms with Crippen molar-refractivity contribution in [2.75, 3.05) is 29.5 Å². The first kappa shape index (κ1) is 56.5. The second-order valence-corrected chi connectivity index (χ2v) is 25.0. The van der Waals surface area contributed by atoms with Gasteiger partial charge in [-0.15, -0.1) is 8.67 Å². The average molecular weight is 1140 g/mol. The van der Waals surface area contributed by atoms with Crippen LogP contribution < -0.4 is 4.90 Å². The summed E-state index contributed by atoms with van der Waals surface area (Å²) in [5, 5.41) is 35.9. The minimum atomic E-state index is -5.11. The molecule has 23 nitrogen and oxygen atoms in total. The second kappa shape index (κ2) is 21.4. The van der Waals surface area contributed by atoms with E-state index in [2.05, 4.69) is 23.7 Å². The average Bonchev–Trinajstić information content (AvgIpc) is 3.66. The first-order valence-corrected chi connectivity index (χ1v) is 29.2. The zero-order valence-corrected chi connectivity index (χ0v) is 44.0. The van der Waals surface area contributed by atoms with Crippen molar-refractivity contribution in [1.29, 1.82) is 0 Å². The lowest BCUT2D eigenvalue weighted by Gasteiger charge is -2.27. The molecular formula is C45H46N3O20S6+. The van der Waals surface area contributed by atoms with Gasteiger partial charge in [-0.1, -0.05) is 42.1 Å². The van der Waals surface area contributed by atoms with Gasteiger partial charge in [-0.3, -0.25) is 18.2 Å². The van der Waals surface area contributed by atoms with Crippen LogP contribution in [0.1, 0.15) is 67.8 Å². The van der Waals surface area contributed by atoms with Gasteiger partial charge in [-0.2, -0.15) is 38.2 Å². The van der Waals surface area contributed by atoms with Crippen molar-refractivity contribution in [2.24, 2.45) is 0 Å². The predicted molar refractivity (Wildman–Crippen MR) is 270 cm³/mol. The lowest BCUT2D eigenvalue weighted by molar-refractivity contribution is -0.438. The molecule has 0 bridgehead atoms. The Labute approximate surface area is 432 Å². The third-order valence-electron chi connectivity index (χ3n) is 12.4. The van der Waals surface area contributed by atoms with Crippen LogP contribution in [0, 0.1) is 0 Å². The molecule has 0 saturated heterocycles. The standard InChI is InChI=1S/C45H45N3O20S6/c1-44(2)39(47(18-6-20-69-67-65-51)35-14-12-29-31(41(35)44)22-27(72(56,57)58)24-37(29)70-68-66-52)16-10-26(33-8-5-9-34(46-33)43(49)50)11-17-40-45(3,4)42-32-23-28(73(59,60)61)25-38(74(62,63)64)30(32)13-15-36(42)48(40)19-7-21-71(53,54)55/h5,8-17,22-25H,6-7,18-21H2,1-4H3,(H6-,49,50,51,52,53,54,55,56,57,58,59,60,61,62,63,64)/p+1. The summed E-state index contributed by atoms with van der Waals surface area (Å²) in [5.41, 5.74) is 0.605. The summed E-state index contributed by atoms with van der Waals surface area (Å²) in [4.78, 5) is 16.4. The van der Waals surface area contributed by atoms with Gasteiger partial charge in [0.15, 0.2) is 5.71 Å². The van der Waals surface area contributed by atoms with E-state index in [1.165, 1.54) is 30.3 Å². The molecule has 29 heteroatoms. The molecule has 396 valence electrons. The fraction of sp³-hybridized carbons (Fsp3) is 0.267. The zero-order valence-electron chi connectivity index (χ0n) is 39.1. The zero-order chi connectivity index (χ0) is 54.3. The van der Waals surface area contributed by atoms with Gasteiger partial charge in [-0.25, -0.2) is 20.3 Å². The molecule has 2 aliphatic heterocycles. The van der Waals surface area contributed by atoms with Gasteiger partial charge in [0.2, 0.25) is 5.69 Å². The van der Waals surface area contributed by atoms with Crippen LogP contribution >= 0.6 is 24.1 Å². The smallest absolute Gasteiger partial charge is 0.354 e. The van der Waals surface area contributed by atoms with Gasteiger partial charge >= 0.3 is 5.97 Å². The number of rotatable bonds is 21. The molecule has 1 aromatic heterocycles. The van der Waals surface area contributed by atoms with Crippen molar-refractivity contribution in [2.45, 2.75) is 70.9 Å². The molecule has 0 unspecified atom stereocenters. The Balaban J connectivity index is 1.47. The van der Waals surface area contributed by atoms with Crippen LogP contribution in [-0.4, -0.2) is 113 Å². The van der Waals surface area contributed by atoms with Crippen molar-refractivity contribution < 1.29 is 95.6 Å². The van der Waals surface area contributed by atoms with E-state index in [9.17, 15) is 61.8 Å². The van der Waals surface area contributed by atoms with Gasteiger partial charge in [0.25, 0.3) is 40.5 Å². The molecule has 3 heterocycles. The number of fused-ring (bicyclic) bond motifs is 6. The highest BCUT2D eigenvalue weighted by molar-refractivity contribution is 7.95. The van der Waals surface area contributed by atoms with Crippen LogP contribution in [0.15, 0.2) is 116 Å². The van der Waals surface area contributed by atoms with Crippen molar-refractivity contribution >= 4 is 115 Å². The van der Waals surface area contributed by atoms with Crippen LogP contribution in [0.4, 0.5) is 11.4 Å². The molecule has 0 fully saturated rings. The van der Waals surface area contributed by atoms with Gasteiger partial charge in [0.1, 0.15) is 17.1 Å². The number of aromatic nitrogens is 1. The van der Waals surface area contributed by atoms with E-state index in [1.807, 2.05) is 18.4 Å². The van der Waals surface area contributed by atoms with Crippen LogP contribution in [-0.2, 0) is 70.0 Å². The number of nitrogens with zero attached hydrogens (tertiary/aromatic N) is 3. The van der Waals surface area contributed by atoms with Crippen molar-refractivity contribution in [3.63, 3.8) is 0 Å². The van der Waals surface area contributed by atoms with Crippen molar-refractivity contribution in [1.82, 2.24) is 4.98 Å². The summed E-state index contributed by atoms with van der Waals surface area (Å²) in [6.07, 6.45) is 6.82. The van der Waals surface area contributed by atoms with Crippen molar-refractivity contribution in [3.05, 3.63) is 119 Å². The largest absolute Gasteiger partial charge is 0.477 e. The molecule has 7 rings (SSSR count). The Bertz CT molecular complexity index is 3710. The molecule has 4 aromatic carbocycles. The number of pyridine rings is 1. The fourth-order valence-corrected chi connectivity index (χ4v) is 12.8. The molecule has 0 saturated carbocycles. The Morgan fingerprint density at radius 3 is 2.00 bits per heavy atom. The third-order valence-corrected chi connectivity index (χ3v) is 17.0. The van der Waals surface area contributed by atoms with Crippen LogP contribution in [0.25, 0.3) is 27.1 Å². The maximum atomic E-state index is 12.7. The Morgan fingerprint density at radius 1 is 0.743 bits per heavy atom. The van der Waals surface area contributed by atoms with Crippen LogP contribution in [0.5, 0.6) is 0 Å². The molecule has 0 spiro atoms. The van der Waals surface area contributed by atoms with Crippen molar-refractivity contribution in [3.8, 4) is 0 Å². The van der Waals surface area contributed by atoms with E-state index in [-0.39, 0.29) is 52.1 Å². The van der Waals surface area contributed by atoms with E-state index < -0.39 is 77.7 Å². The predicted octanol–water partition coefficient (Wildman–Crippen LogP) is 7.69. The highest BCUT2D eigenvalue weighted by Crippen LogP contribution is 2.52. The summed E-state index contributed by atoms with van der Waals surface area (Å²) in [6, 6.07) is 14.6. The molecule has 0 atom stereocenters. The molecule has 5 aromatic rings. The third kappa shape index (κ3) is 11.8. The molecule has 0 aliphatic carbocycles. The number of aromatic carboxylic acids is 1. The normalized spacial score (nSPS) is 16.5. The highest BCUT2D eigenvalue weighted by Gasteiger charge is 2.46. The monoisotopic (exact) mass is 1140 g/mol. The van der Waals surface area contributed by atoms with Gasteiger partial charge in [0, 0.05) is 81.1 Å². The molecule has 7 N–H and O–H groups in total. The lowest BCUT2D eigenvalue weighted by Crippen LogP contribution is -2.28. The van der Waals surface area contributed by atoms with Crippen LogP contribution in [0.2, 0.25) is 0 Å². The summed E-state index contributed by atoms with van der Waals surface area (Å²) in [7, 11) is -19.5. The van der Waals surface area contributed by atoms with Crippen LogP contribution in [0.3, 0.4) is 0 Å². The summed E-state index contributed by atoms with van der Waals surface area (Å²) < 4.78 is 151. The number of carbonyl (C=O) groups is 1. The van der Waals surface area contributed by atoms with E-state index in [0.29, 0.717) is 75.0 Å². The van der Waals surface area contributed by atoms with E-state index in [1.54, 1.807) is 61.3 Å². The molecule has 0 radical (unpaired) electrons. The van der Waals surface area contributed by atoms with E-state index >= 15 is 0 Å². The Kier molecular flexibility index (Phi) is 16.4. The van der Waals surface area contributed by atoms with Gasteiger partial charge in [0.05, 0.1) is 38.7 Å². The SMILES string of the molecule is CC1(C)C(/C=C/C(=C/C=C2/N(CCCS(=O)(=O)O)c3ccc4c(S(=O)(=O)O)cc(S(=O)(=O)O)cc4c3C2(C)C)c2cccc(C(=O)O)n2)=[N+](CCCSOOO)c2ccc3c(SOOO)cc(S(=O)(=O)O)cc3c21. The topological polar surface area (TPSA) is 351 Å². The number of hydrogen-bond donors (Lipinski definition) is 7. The number of hydrogen-bond acceptors (Lipinski definition) is 19. The highest BCUT2D eigenvalue weighted by atomic mass is 32.2. The number of carboxylic acids is 1. The molecule has 2 aliphatic rings. The fourth-order valence-electron chi connectivity index (χ4n) is 9.41. The number of anilines is 1. The number of allylic oxidation sites excluding steroid dienone is 6. The summed E-state index contributed by atoms with van der Waals surface area (Å²) >= 11 is 1.30. The Morgan fingerprint density at radius 2 is 1.38 bits per heavy atom. The minimum absolute atomic E-state index is 0.0112. The summed E-state index contributed by atoms with van der Waals surface area (Å²) in [6.45, 7) is 7.29. The number of carboxylic acid groups (broad SMARTS) is 1. The molecule has 0 amide bonds. The molecule has 74 heavy (non-hydrogen) atoms. The minimum Gasteiger partial charge on any atom is -0.477 e. The maximum absolute atomic E-state index is 12.7. The second-order valence-electron chi connectivity index (χ2n) is 17.7. The quantitative estimate of drug-likeness (QED) is 0.00704. The van der Waals surface area contributed by atoms with Gasteiger partial charge < -0.3 is 10.0 Å². The number of benzene rings is 4. The maximum Gasteiger partial charge on any atom is 0.354 e. The first-order chi connectivity index (χ1) is 34.5. The molecular weight excluding hydrogens is 1090 g/mol. The first-order valence-electron chi connectivity index (χ1n) is 21.6. The van der Waals surface area contributed by atoms with E-state index in [4.69, 9.17) is 10.5 Å². The summed E-state index contributed by atoms with van der Waals surface area (Å²) in [5.74, 6) is -1.73. The van der Waals surface area contributed by atoms with E-state index in [0.717, 1.165) is 24.2 Å². The lowest BCUT2D eigenvalue weighted by atomic mass is 9.79.